The smallest absolute Gasteiger partial charge is 0.233 e. The lowest BCUT2D eigenvalue weighted by molar-refractivity contribution is -0.123. The van der Waals surface area contributed by atoms with Gasteiger partial charge >= 0.3 is 0 Å². The maximum atomic E-state index is 11.9. The number of hydrogen-bond donors (Lipinski definition) is 2. The van der Waals surface area contributed by atoms with E-state index in [0.717, 1.165) is 11.1 Å². The molecule has 0 saturated carbocycles. The first-order valence-electron chi connectivity index (χ1n) is 6.97. The van der Waals surface area contributed by atoms with Gasteiger partial charge in [0.05, 0.1) is 10.7 Å². The van der Waals surface area contributed by atoms with Gasteiger partial charge in [0.1, 0.15) is 6.42 Å². The summed E-state index contributed by atoms with van der Waals surface area (Å²) in [4.78, 5) is 23.9. The Balaban J connectivity index is 1.95. The van der Waals surface area contributed by atoms with Gasteiger partial charge in [-0.2, -0.15) is 0 Å². The number of halogens is 2. The molecule has 0 spiro atoms. The molecule has 23 heavy (non-hydrogen) atoms. The van der Waals surface area contributed by atoms with Crippen molar-refractivity contribution in [2.75, 3.05) is 10.6 Å². The number of amides is 2. The van der Waals surface area contributed by atoms with Gasteiger partial charge in [-0.05, 0) is 55.3 Å². The number of carbonyl (C=O) groups is 2. The van der Waals surface area contributed by atoms with Crippen molar-refractivity contribution >= 4 is 46.4 Å². The van der Waals surface area contributed by atoms with Crippen LogP contribution in [0.15, 0.2) is 36.4 Å². The quantitative estimate of drug-likeness (QED) is 0.793. The maximum absolute atomic E-state index is 11.9. The second-order valence-electron chi connectivity index (χ2n) is 5.20. The third-order valence-electron chi connectivity index (χ3n) is 3.31. The van der Waals surface area contributed by atoms with Crippen LogP contribution in [0.25, 0.3) is 0 Å². The largest absolute Gasteiger partial charge is 0.326 e. The zero-order chi connectivity index (χ0) is 17.0. The Hall–Kier alpha value is -2.04. The van der Waals surface area contributed by atoms with E-state index in [2.05, 4.69) is 10.6 Å². The minimum absolute atomic E-state index is 0.310. The van der Waals surface area contributed by atoms with E-state index in [4.69, 9.17) is 23.2 Å². The molecule has 0 atom stereocenters. The Bertz CT molecular complexity index is 760. The standard InChI is InChI=1S/C17H16Cl2N2O2/c1-10-3-5-13(7-11(10)2)20-16(22)9-17(23)21-15-8-12(18)4-6-14(15)19/h3-8H,9H2,1-2H3,(H,20,22)(H,21,23). The van der Waals surface area contributed by atoms with E-state index in [1.54, 1.807) is 18.2 Å². The summed E-state index contributed by atoms with van der Waals surface area (Å²) < 4.78 is 0. The van der Waals surface area contributed by atoms with Crippen LogP contribution in [-0.2, 0) is 9.59 Å². The van der Waals surface area contributed by atoms with Gasteiger partial charge in [-0.1, -0.05) is 29.3 Å². The van der Waals surface area contributed by atoms with Crippen LogP contribution in [0.2, 0.25) is 10.0 Å². The highest BCUT2D eigenvalue weighted by atomic mass is 35.5. The first kappa shape index (κ1) is 17.3. The van der Waals surface area contributed by atoms with Crippen molar-refractivity contribution in [3.05, 3.63) is 57.6 Å². The number of carbonyl (C=O) groups excluding carboxylic acids is 2. The first-order chi connectivity index (χ1) is 10.8. The lowest BCUT2D eigenvalue weighted by atomic mass is 10.1. The molecule has 2 aromatic rings. The van der Waals surface area contributed by atoms with Crippen LogP contribution >= 0.6 is 23.2 Å². The highest BCUT2D eigenvalue weighted by Gasteiger charge is 2.12. The van der Waals surface area contributed by atoms with Crippen molar-refractivity contribution in [3.63, 3.8) is 0 Å². The van der Waals surface area contributed by atoms with Crippen LogP contribution in [0.5, 0.6) is 0 Å². The van der Waals surface area contributed by atoms with E-state index in [9.17, 15) is 9.59 Å². The molecular weight excluding hydrogens is 335 g/mol. The summed E-state index contributed by atoms with van der Waals surface area (Å²) in [5.74, 6) is -0.862. The zero-order valence-electron chi connectivity index (χ0n) is 12.7. The third kappa shape index (κ3) is 4.98. The molecular formula is C17H16Cl2N2O2. The van der Waals surface area contributed by atoms with Crippen LogP contribution in [-0.4, -0.2) is 11.8 Å². The second kappa shape index (κ2) is 7.49. The van der Waals surface area contributed by atoms with Gasteiger partial charge in [0.25, 0.3) is 0 Å². The Kier molecular flexibility index (Phi) is 5.64. The Morgan fingerprint density at radius 3 is 2.30 bits per heavy atom. The minimum Gasteiger partial charge on any atom is -0.326 e. The third-order valence-corrected chi connectivity index (χ3v) is 3.88. The molecule has 0 aliphatic rings. The molecule has 0 unspecified atom stereocenters. The van der Waals surface area contributed by atoms with Crippen molar-refractivity contribution in [3.8, 4) is 0 Å². The van der Waals surface area contributed by atoms with E-state index < -0.39 is 11.8 Å². The van der Waals surface area contributed by atoms with Crippen molar-refractivity contribution in [1.82, 2.24) is 0 Å². The summed E-state index contributed by atoms with van der Waals surface area (Å²) in [5, 5.41) is 6.07. The van der Waals surface area contributed by atoms with E-state index in [0.29, 0.717) is 21.4 Å². The fourth-order valence-electron chi connectivity index (χ4n) is 1.96. The fraction of sp³-hybridized carbons (Fsp3) is 0.176. The Labute approximate surface area is 144 Å². The van der Waals surface area contributed by atoms with Crippen LogP contribution in [0.4, 0.5) is 11.4 Å². The van der Waals surface area contributed by atoms with Crippen LogP contribution in [0.3, 0.4) is 0 Å². The minimum atomic E-state index is -0.462. The zero-order valence-corrected chi connectivity index (χ0v) is 14.3. The number of anilines is 2. The lowest BCUT2D eigenvalue weighted by Gasteiger charge is -2.09. The van der Waals surface area contributed by atoms with Crippen molar-refractivity contribution in [2.24, 2.45) is 0 Å². The predicted octanol–water partition coefficient (Wildman–Crippen LogP) is 4.58. The summed E-state index contributed by atoms with van der Waals surface area (Å²) in [6, 6.07) is 10.3. The molecule has 0 aliphatic carbocycles. The Morgan fingerprint density at radius 2 is 1.61 bits per heavy atom. The van der Waals surface area contributed by atoms with Gasteiger partial charge in [-0.15, -0.1) is 0 Å². The van der Waals surface area contributed by atoms with Crippen molar-refractivity contribution in [2.45, 2.75) is 20.3 Å². The van der Waals surface area contributed by atoms with Gasteiger partial charge in [-0.25, -0.2) is 0 Å². The molecule has 0 radical (unpaired) electrons. The van der Waals surface area contributed by atoms with Gasteiger partial charge in [0.15, 0.2) is 0 Å². The molecule has 0 saturated heterocycles. The second-order valence-corrected chi connectivity index (χ2v) is 6.04. The van der Waals surface area contributed by atoms with E-state index in [-0.39, 0.29) is 6.42 Å². The van der Waals surface area contributed by atoms with E-state index in [1.807, 2.05) is 26.0 Å². The van der Waals surface area contributed by atoms with Gasteiger partial charge < -0.3 is 10.6 Å². The number of benzene rings is 2. The molecule has 6 heteroatoms. The van der Waals surface area contributed by atoms with Gasteiger partial charge in [-0.3, -0.25) is 9.59 Å². The van der Waals surface area contributed by atoms with Crippen molar-refractivity contribution < 1.29 is 9.59 Å². The topological polar surface area (TPSA) is 58.2 Å². The highest BCUT2D eigenvalue weighted by molar-refractivity contribution is 6.35. The van der Waals surface area contributed by atoms with Crippen LogP contribution in [0, 0.1) is 13.8 Å². The van der Waals surface area contributed by atoms with Crippen LogP contribution in [0.1, 0.15) is 17.5 Å². The number of aryl methyl sites for hydroxylation is 2. The molecule has 2 rings (SSSR count). The van der Waals surface area contributed by atoms with Crippen molar-refractivity contribution in [1.29, 1.82) is 0 Å². The maximum Gasteiger partial charge on any atom is 0.233 e. The fourth-order valence-corrected chi connectivity index (χ4v) is 2.29. The molecule has 4 nitrogen and oxygen atoms in total. The molecule has 0 heterocycles. The number of hydrogen-bond acceptors (Lipinski definition) is 2. The summed E-state index contributed by atoms with van der Waals surface area (Å²) in [7, 11) is 0. The SMILES string of the molecule is Cc1ccc(NC(=O)CC(=O)Nc2cc(Cl)ccc2Cl)cc1C. The van der Waals surface area contributed by atoms with Gasteiger partial charge in [0, 0.05) is 10.7 Å². The van der Waals surface area contributed by atoms with Gasteiger partial charge in [0.2, 0.25) is 11.8 Å². The molecule has 2 N–H and O–H groups in total. The monoisotopic (exact) mass is 350 g/mol. The van der Waals surface area contributed by atoms with E-state index >= 15 is 0 Å². The summed E-state index contributed by atoms with van der Waals surface area (Å²) in [6.07, 6.45) is -0.310. The van der Waals surface area contributed by atoms with Crippen LogP contribution < -0.4 is 10.6 Å². The Morgan fingerprint density at radius 1 is 0.913 bits per heavy atom. The normalized spacial score (nSPS) is 10.3. The average Bonchev–Trinajstić information content (AvgIpc) is 2.46. The first-order valence-corrected chi connectivity index (χ1v) is 7.73. The number of rotatable bonds is 4. The van der Waals surface area contributed by atoms with E-state index in [1.165, 1.54) is 6.07 Å². The predicted molar refractivity (Wildman–Crippen MR) is 94.3 cm³/mol. The lowest BCUT2D eigenvalue weighted by Crippen LogP contribution is -2.21. The molecule has 120 valence electrons. The summed E-state index contributed by atoms with van der Waals surface area (Å²) in [6.45, 7) is 3.95. The molecule has 0 bridgehead atoms. The number of nitrogens with one attached hydrogen (secondary N) is 2. The summed E-state index contributed by atoms with van der Waals surface area (Å²) in [5.41, 5.74) is 3.24. The average molecular weight is 351 g/mol. The molecule has 2 aromatic carbocycles. The highest BCUT2D eigenvalue weighted by Crippen LogP contribution is 2.25. The molecule has 0 fully saturated rings. The molecule has 0 aromatic heterocycles. The molecule has 0 aliphatic heterocycles. The molecule has 2 amide bonds. The summed E-state index contributed by atoms with van der Waals surface area (Å²) >= 11 is 11.8.